The number of nitrogens with one attached hydrogen (secondary N) is 1. The van der Waals surface area contributed by atoms with E-state index in [-0.39, 0.29) is 30.0 Å². The number of nitrogens with zero attached hydrogens (tertiary/aromatic N) is 2. The average molecular weight is 345 g/mol. The molecule has 2 saturated carbocycles. The summed E-state index contributed by atoms with van der Waals surface area (Å²) in [7, 11) is 0. The van der Waals surface area contributed by atoms with Crippen LogP contribution in [0.4, 0.5) is 0 Å². The van der Waals surface area contributed by atoms with Crippen LogP contribution in [-0.4, -0.2) is 58.9 Å². The predicted molar refractivity (Wildman–Crippen MR) is 97.0 cm³/mol. The molecule has 2 aliphatic carbocycles. The van der Waals surface area contributed by atoms with E-state index < -0.39 is 0 Å². The van der Waals surface area contributed by atoms with Gasteiger partial charge in [0.05, 0.1) is 18.0 Å². The van der Waals surface area contributed by atoms with Gasteiger partial charge in [-0.2, -0.15) is 0 Å². The van der Waals surface area contributed by atoms with Gasteiger partial charge in [-0.15, -0.1) is 0 Å². The molecule has 0 aromatic rings. The quantitative estimate of drug-likeness (QED) is 0.740. The van der Waals surface area contributed by atoms with Crippen LogP contribution in [0.5, 0.6) is 0 Å². The number of hydrogen-bond donors (Lipinski definition) is 1. The van der Waals surface area contributed by atoms with Gasteiger partial charge in [-0.05, 0) is 38.2 Å². The Morgan fingerprint density at radius 3 is 2.60 bits per heavy atom. The highest BCUT2D eigenvalue weighted by Gasteiger charge is 2.46. The van der Waals surface area contributed by atoms with Crippen molar-refractivity contribution in [2.75, 3.05) is 13.1 Å². The van der Waals surface area contributed by atoms with Crippen LogP contribution in [0.3, 0.4) is 0 Å². The molecule has 1 saturated heterocycles. The van der Waals surface area contributed by atoms with Crippen LogP contribution in [0.2, 0.25) is 0 Å². The summed E-state index contributed by atoms with van der Waals surface area (Å²) in [5.41, 5.74) is 1.34. The monoisotopic (exact) mass is 345 g/mol. The highest BCUT2D eigenvalue weighted by atomic mass is 16.2. The van der Waals surface area contributed by atoms with E-state index in [1.807, 2.05) is 0 Å². The van der Waals surface area contributed by atoms with Crippen molar-refractivity contribution in [2.24, 2.45) is 5.92 Å². The maximum Gasteiger partial charge on any atom is 0.230 e. The molecular weight excluding hydrogens is 314 g/mol. The molecule has 138 valence electrons. The Balaban J connectivity index is 1.58. The van der Waals surface area contributed by atoms with Gasteiger partial charge >= 0.3 is 0 Å². The fraction of sp³-hybridized carbons (Fsp3) is 0.800. The van der Waals surface area contributed by atoms with Crippen molar-refractivity contribution in [3.63, 3.8) is 0 Å². The summed E-state index contributed by atoms with van der Waals surface area (Å²) in [5, 5.41) is 3.52. The molecule has 4 aliphatic rings. The van der Waals surface area contributed by atoms with Gasteiger partial charge in [0.25, 0.3) is 0 Å². The summed E-state index contributed by atoms with van der Waals surface area (Å²) in [5.74, 6) is 0.552. The number of amides is 2. The summed E-state index contributed by atoms with van der Waals surface area (Å²) in [6, 6.07) is 0.974. The minimum absolute atomic E-state index is 0.0624. The first-order valence-electron chi connectivity index (χ1n) is 10.1. The Kier molecular flexibility index (Phi) is 4.61. The Bertz CT molecular complexity index is 587. The van der Waals surface area contributed by atoms with Gasteiger partial charge in [0, 0.05) is 32.1 Å². The zero-order chi connectivity index (χ0) is 17.6. The first-order chi connectivity index (χ1) is 12.1. The van der Waals surface area contributed by atoms with Gasteiger partial charge in [-0.1, -0.05) is 25.3 Å². The molecule has 2 heterocycles. The lowest BCUT2D eigenvalue weighted by Gasteiger charge is -2.53. The molecule has 2 aliphatic heterocycles. The standard InChI is InChI=1S/C20H31N3O2/c1-13-12-22(18-8-3-4-9-19(18)23(13)14(2)24)20(25)16-6-5-7-17-15(16)10-11-21-17/h10,13,16-19,21H,3-9,11-12H2,1-2H3/t13-,16?,17?,18?,19?/m0/s1. The molecule has 0 radical (unpaired) electrons. The molecule has 5 heteroatoms. The topological polar surface area (TPSA) is 52.7 Å². The normalized spacial score (nSPS) is 38.0. The third-order valence-electron chi connectivity index (χ3n) is 6.82. The summed E-state index contributed by atoms with van der Waals surface area (Å²) in [6.45, 7) is 5.39. The summed E-state index contributed by atoms with van der Waals surface area (Å²) < 4.78 is 0. The molecule has 5 nitrogen and oxygen atoms in total. The van der Waals surface area contributed by atoms with Crippen molar-refractivity contribution in [3.8, 4) is 0 Å². The molecular formula is C20H31N3O2. The number of carbonyl (C=O) groups excluding carboxylic acids is 2. The summed E-state index contributed by atoms with van der Waals surface area (Å²) >= 11 is 0. The molecule has 3 fully saturated rings. The molecule has 0 aromatic heterocycles. The fourth-order valence-corrected chi connectivity index (χ4v) is 5.80. The highest BCUT2D eigenvalue weighted by molar-refractivity contribution is 5.83. The van der Waals surface area contributed by atoms with Gasteiger partial charge in [-0.3, -0.25) is 9.59 Å². The molecule has 4 unspecified atom stereocenters. The van der Waals surface area contributed by atoms with E-state index in [1.54, 1.807) is 6.92 Å². The maximum atomic E-state index is 13.5. The van der Waals surface area contributed by atoms with E-state index in [0.29, 0.717) is 18.5 Å². The number of carbonyl (C=O) groups is 2. The van der Waals surface area contributed by atoms with Crippen LogP contribution in [-0.2, 0) is 9.59 Å². The Morgan fingerprint density at radius 2 is 1.84 bits per heavy atom. The second-order valence-electron chi connectivity index (χ2n) is 8.33. The minimum Gasteiger partial charge on any atom is -0.335 e. The minimum atomic E-state index is 0.0624. The molecule has 1 N–H and O–H groups in total. The van der Waals surface area contributed by atoms with Crippen molar-refractivity contribution in [1.82, 2.24) is 15.1 Å². The summed E-state index contributed by atoms with van der Waals surface area (Å²) in [6.07, 6.45) is 9.94. The smallest absolute Gasteiger partial charge is 0.230 e. The molecule has 2 amide bonds. The predicted octanol–water partition coefficient (Wildman–Crippen LogP) is 2.08. The molecule has 0 spiro atoms. The Hall–Kier alpha value is -1.36. The van der Waals surface area contributed by atoms with E-state index in [4.69, 9.17) is 0 Å². The fourth-order valence-electron chi connectivity index (χ4n) is 5.80. The third kappa shape index (κ3) is 2.90. The third-order valence-corrected chi connectivity index (χ3v) is 6.82. The number of rotatable bonds is 1. The van der Waals surface area contributed by atoms with Gasteiger partial charge in [0.2, 0.25) is 11.8 Å². The van der Waals surface area contributed by atoms with Crippen molar-refractivity contribution >= 4 is 11.8 Å². The Labute approximate surface area is 150 Å². The second-order valence-corrected chi connectivity index (χ2v) is 8.33. The van der Waals surface area contributed by atoms with E-state index in [1.165, 1.54) is 18.4 Å². The van der Waals surface area contributed by atoms with Crippen LogP contribution in [0, 0.1) is 5.92 Å². The van der Waals surface area contributed by atoms with Crippen LogP contribution >= 0.6 is 0 Å². The SMILES string of the molecule is CC(=O)N1C2CCCCC2N(C(=O)C2CCCC3NCC=C32)C[C@@H]1C. The lowest BCUT2D eigenvalue weighted by Crippen LogP contribution is -2.67. The van der Waals surface area contributed by atoms with E-state index in [9.17, 15) is 9.59 Å². The molecule has 4 rings (SSSR count). The highest BCUT2D eigenvalue weighted by Crippen LogP contribution is 2.38. The van der Waals surface area contributed by atoms with Crippen molar-refractivity contribution in [1.29, 1.82) is 0 Å². The number of hydrogen-bond acceptors (Lipinski definition) is 3. The van der Waals surface area contributed by atoms with Crippen molar-refractivity contribution in [2.45, 2.75) is 83.0 Å². The van der Waals surface area contributed by atoms with Crippen molar-refractivity contribution in [3.05, 3.63) is 11.6 Å². The molecule has 25 heavy (non-hydrogen) atoms. The first kappa shape index (κ1) is 17.1. The van der Waals surface area contributed by atoms with E-state index in [0.717, 1.165) is 38.6 Å². The molecule has 0 bridgehead atoms. The average Bonchev–Trinajstić information content (AvgIpc) is 3.08. The van der Waals surface area contributed by atoms with E-state index >= 15 is 0 Å². The Morgan fingerprint density at radius 1 is 1.08 bits per heavy atom. The van der Waals surface area contributed by atoms with Gasteiger partial charge < -0.3 is 15.1 Å². The van der Waals surface area contributed by atoms with Crippen molar-refractivity contribution < 1.29 is 9.59 Å². The molecule has 0 aromatic carbocycles. The van der Waals surface area contributed by atoms with Gasteiger partial charge in [0.15, 0.2) is 0 Å². The second kappa shape index (κ2) is 6.75. The zero-order valence-corrected chi connectivity index (χ0v) is 15.5. The summed E-state index contributed by atoms with van der Waals surface area (Å²) in [4.78, 5) is 30.0. The van der Waals surface area contributed by atoms with Crippen LogP contribution in [0.1, 0.15) is 58.8 Å². The first-order valence-corrected chi connectivity index (χ1v) is 10.1. The lowest BCUT2D eigenvalue weighted by atomic mass is 9.79. The molecule has 5 atom stereocenters. The van der Waals surface area contributed by atoms with Crippen LogP contribution in [0.15, 0.2) is 11.6 Å². The van der Waals surface area contributed by atoms with Crippen LogP contribution < -0.4 is 5.32 Å². The lowest BCUT2D eigenvalue weighted by molar-refractivity contribution is -0.155. The maximum absolute atomic E-state index is 13.5. The van der Waals surface area contributed by atoms with Gasteiger partial charge in [0.1, 0.15) is 0 Å². The number of fused-ring (bicyclic) bond motifs is 2. The van der Waals surface area contributed by atoms with Gasteiger partial charge in [-0.25, -0.2) is 0 Å². The van der Waals surface area contributed by atoms with E-state index in [2.05, 4.69) is 28.1 Å². The zero-order valence-electron chi connectivity index (χ0n) is 15.5. The number of piperazine rings is 1. The largest absolute Gasteiger partial charge is 0.335 e. The van der Waals surface area contributed by atoms with Crippen LogP contribution in [0.25, 0.3) is 0 Å².